The van der Waals surface area contributed by atoms with E-state index in [0.29, 0.717) is 17.4 Å². The van der Waals surface area contributed by atoms with Crippen LogP contribution in [0.4, 0.5) is 10.1 Å². The summed E-state index contributed by atoms with van der Waals surface area (Å²) in [6.45, 7) is 6.92. The fraction of sp³-hybridized carbons (Fsp3) is 0.208. The van der Waals surface area contributed by atoms with Gasteiger partial charge in [-0.05, 0) is 50.6 Å². The largest absolute Gasteiger partial charge is 0.325 e. The predicted molar refractivity (Wildman–Crippen MR) is 130 cm³/mol. The standard InChI is InChI=1S/C24H23FN4OS2/c1-4-29-23(20-13-31-16(3)22(20)17-7-5-15(2)6-8-17)27-28-24(29)32-14-21(30)26-19-11-9-18(25)10-12-19/h5-13H,4,14H2,1-3H3,(H,26,30). The van der Waals surface area contributed by atoms with E-state index in [1.165, 1.54) is 52.0 Å². The van der Waals surface area contributed by atoms with Gasteiger partial charge in [-0.3, -0.25) is 4.79 Å². The first-order valence-electron chi connectivity index (χ1n) is 10.2. The van der Waals surface area contributed by atoms with Gasteiger partial charge in [-0.1, -0.05) is 41.6 Å². The lowest BCUT2D eigenvalue weighted by Crippen LogP contribution is -2.14. The maximum absolute atomic E-state index is 13.0. The SMILES string of the molecule is CCn1c(SCC(=O)Nc2ccc(F)cc2)nnc1-c1csc(C)c1-c1ccc(C)cc1. The van der Waals surface area contributed by atoms with Crippen molar-refractivity contribution in [2.45, 2.75) is 32.5 Å². The molecule has 0 atom stereocenters. The van der Waals surface area contributed by atoms with E-state index in [1.807, 2.05) is 11.5 Å². The summed E-state index contributed by atoms with van der Waals surface area (Å²) in [6, 6.07) is 14.2. The third-order valence-electron chi connectivity index (χ3n) is 5.05. The highest BCUT2D eigenvalue weighted by Gasteiger charge is 2.20. The van der Waals surface area contributed by atoms with Crippen LogP contribution in [-0.4, -0.2) is 26.4 Å². The number of carbonyl (C=O) groups is 1. The van der Waals surface area contributed by atoms with Crippen molar-refractivity contribution in [1.82, 2.24) is 14.8 Å². The second-order valence-electron chi connectivity index (χ2n) is 7.34. The molecule has 0 spiro atoms. The highest BCUT2D eigenvalue weighted by atomic mass is 32.2. The van der Waals surface area contributed by atoms with Gasteiger partial charge in [0.2, 0.25) is 5.91 Å². The normalized spacial score (nSPS) is 11.0. The summed E-state index contributed by atoms with van der Waals surface area (Å²) in [5.74, 6) is 0.465. The Kier molecular flexibility index (Phi) is 6.72. The van der Waals surface area contributed by atoms with Crippen molar-refractivity contribution in [2.24, 2.45) is 0 Å². The van der Waals surface area contributed by atoms with Crippen LogP contribution in [0, 0.1) is 19.7 Å². The molecule has 164 valence electrons. The molecule has 0 aliphatic heterocycles. The second kappa shape index (κ2) is 9.67. The highest BCUT2D eigenvalue weighted by Crippen LogP contribution is 2.39. The minimum atomic E-state index is -0.338. The Morgan fingerprint density at radius 2 is 1.81 bits per heavy atom. The van der Waals surface area contributed by atoms with Crippen LogP contribution in [0.15, 0.2) is 59.1 Å². The molecule has 0 aliphatic carbocycles. The van der Waals surface area contributed by atoms with E-state index in [4.69, 9.17) is 0 Å². The number of halogens is 1. The minimum Gasteiger partial charge on any atom is -0.325 e. The van der Waals surface area contributed by atoms with Crippen LogP contribution < -0.4 is 5.32 Å². The van der Waals surface area contributed by atoms with Gasteiger partial charge < -0.3 is 9.88 Å². The van der Waals surface area contributed by atoms with Gasteiger partial charge in [0.15, 0.2) is 11.0 Å². The van der Waals surface area contributed by atoms with Crippen LogP contribution in [0.25, 0.3) is 22.5 Å². The zero-order valence-corrected chi connectivity index (χ0v) is 19.7. The summed E-state index contributed by atoms with van der Waals surface area (Å²) in [5.41, 5.74) is 5.16. The average molecular weight is 467 g/mol. The van der Waals surface area contributed by atoms with Gasteiger partial charge in [0.05, 0.1) is 5.75 Å². The number of nitrogens with zero attached hydrogens (tertiary/aromatic N) is 3. The number of hydrogen-bond acceptors (Lipinski definition) is 5. The fourth-order valence-electron chi connectivity index (χ4n) is 3.44. The van der Waals surface area contributed by atoms with Crippen LogP contribution in [0.2, 0.25) is 0 Å². The molecule has 2 aromatic carbocycles. The Bertz CT molecular complexity index is 1230. The van der Waals surface area contributed by atoms with Crippen LogP contribution in [0.3, 0.4) is 0 Å². The predicted octanol–water partition coefficient (Wildman–Crippen LogP) is 6.18. The van der Waals surface area contributed by atoms with Crippen molar-refractivity contribution in [3.05, 3.63) is 70.2 Å². The van der Waals surface area contributed by atoms with Gasteiger partial charge in [-0.15, -0.1) is 21.5 Å². The number of thiophene rings is 1. The molecule has 5 nitrogen and oxygen atoms in total. The van der Waals surface area contributed by atoms with Gasteiger partial charge in [0, 0.05) is 33.6 Å². The third kappa shape index (κ3) is 4.76. The van der Waals surface area contributed by atoms with Crippen LogP contribution in [0.1, 0.15) is 17.4 Å². The number of aromatic nitrogens is 3. The van der Waals surface area contributed by atoms with Gasteiger partial charge in [0.25, 0.3) is 0 Å². The van der Waals surface area contributed by atoms with Crippen LogP contribution >= 0.6 is 23.1 Å². The van der Waals surface area contributed by atoms with Crippen LogP contribution in [-0.2, 0) is 11.3 Å². The van der Waals surface area contributed by atoms with Crippen molar-refractivity contribution in [2.75, 3.05) is 11.1 Å². The number of anilines is 1. The average Bonchev–Trinajstić information content (AvgIpc) is 3.37. The molecule has 4 rings (SSSR count). The fourth-order valence-corrected chi connectivity index (χ4v) is 5.10. The molecule has 0 radical (unpaired) electrons. The molecule has 2 aromatic heterocycles. The van der Waals surface area contributed by atoms with E-state index < -0.39 is 0 Å². The topological polar surface area (TPSA) is 59.8 Å². The van der Waals surface area contributed by atoms with E-state index in [2.05, 4.69) is 59.0 Å². The van der Waals surface area contributed by atoms with Gasteiger partial charge in [-0.2, -0.15) is 0 Å². The molecule has 0 saturated heterocycles. The van der Waals surface area contributed by atoms with E-state index in [9.17, 15) is 9.18 Å². The van der Waals surface area contributed by atoms with E-state index >= 15 is 0 Å². The summed E-state index contributed by atoms with van der Waals surface area (Å²) in [4.78, 5) is 13.6. The Labute approximate surface area is 194 Å². The third-order valence-corrected chi connectivity index (χ3v) is 6.93. The highest BCUT2D eigenvalue weighted by molar-refractivity contribution is 7.99. The van der Waals surface area contributed by atoms with Gasteiger partial charge in [0.1, 0.15) is 5.82 Å². The first-order valence-corrected chi connectivity index (χ1v) is 12.1. The van der Waals surface area contributed by atoms with E-state index in [1.54, 1.807) is 11.3 Å². The number of nitrogens with one attached hydrogen (secondary N) is 1. The van der Waals surface area contributed by atoms with E-state index in [0.717, 1.165) is 17.0 Å². The lowest BCUT2D eigenvalue weighted by Gasteiger charge is -2.10. The molecular weight excluding hydrogens is 443 g/mol. The number of thioether (sulfide) groups is 1. The number of amides is 1. The molecule has 0 fully saturated rings. The molecule has 1 N–H and O–H groups in total. The second-order valence-corrected chi connectivity index (χ2v) is 9.37. The lowest BCUT2D eigenvalue weighted by atomic mass is 10.0. The molecule has 1 amide bonds. The van der Waals surface area contributed by atoms with Crippen molar-refractivity contribution in [1.29, 1.82) is 0 Å². The first-order chi connectivity index (χ1) is 15.5. The summed E-state index contributed by atoms with van der Waals surface area (Å²) in [6.07, 6.45) is 0. The number of rotatable bonds is 7. The summed E-state index contributed by atoms with van der Waals surface area (Å²) in [7, 11) is 0. The van der Waals surface area contributed by atoms with Crippen LogP contribution in [0.5, 0.6) is 0 Å². The monoisotopic (exact) mass is 466 g/mol. The molecule has 32 heavy (non-hydrogen) atoms. The molecule has 2 heterocycles. The molecule has 0 saturated carbocycles. The smallest absolute Gasteiger partial charge is 0.234 e. The van der Waals surface area contributed by atoms with Gasteiger partial charge in [-0.25, -0.2) is 4.39 Å². The number of carbonyl (C=O) groups excluding carboxylic acids is 1. The number of benzene rings is 2. The van der Waals surface area contributed by atoms with Crippen molar-refractivity contribution < 1.29 is 9.18 Å². The lowest BCUT2D eigenvalue weighted by molar-refractivity contribution is -0.113. The first kappa shape index (κ1) is 22.2. The van der Waals surface area contributed by atoms with Crippen molar-refractivity contribution >= 4 is 34.7 Å². The van der Waals surface area contributed by atoms with Gasteiger partial charge >= 0.3 is 0 Å². The minimum absolute atomic E-state index is 0.180. The maximum Gasteiger partial charge on any atom is 0.234 e. The molecule has 8 heteroatoms. The number of hydrogen-bond donors (Lipinski definition) is 1. The van der Waals surface area contributed by atoms with E-state index in [-0.39, 0.29) is 17.5 Å². The zero-order valence-electron chi connectivity index (χ0n) is 18.1. The van der Waals surface area contributed by atoms with Crippen molar-refractivity contribution in [3.8, 4) is 22.5 Å². The zero-order chi connectivity index (χ0) is 22.7. The Morgan fingerprint density at radius 3 is 2.50 bits per heavy atom. The maximum atomic E-state index is 13.0. The Morgan fingerprint density at radius 1 is 1.09 bits per heavy atom. The molecular formula is C24H23FN4OS2. The molecule has 4 aromatic rings. The molecule has 0 bridgehead atoms. The van der Waals surface area contributed by atoms with Crippen molar-refractivity contribution in [3.63, 3.8) is 0 Å². The molecule has 0 unspecified atom stereocenters. The summed E-state index contributed by atoms with van der Waals surface area (Å²) >= 11 is 3.03. The Hall–Kier alpha value is -2.97. The number of aryl methyl sites for hydroxylation is 2. The Balaban J connectivity index is 1.54. The molecule has 0 aliphatic rings. The summed E-state index contributed by atoms with van der Waals surface area (Å²) < 4.78 is 15.1. The summed E-state index contributed by atoms with van der Waals surface area (Å²) in [5, 5.41) is 14.4. The quantitative estimate of drug-likeness (QED) is 0.330.